The van der Waals surface area contributed by atoms with E-state index in [0.29, 0.717) is 0 Å². The molecule has 0 bridgehead atoms. The number of hydrogen-bond donors (Lipinski definition) is 0. The van der Waals surface area contributed by atoms with Gasteiger partial charge < -0.3 is 0 Å². The topological polar surface area (TPSA) is 0 Å². The predicted octanol–water partition coefficient (Wildman–Crippen LogP) is 2.16. The minimum absolute atomic E-state index is 1.04. The molecule has 35 valence electrons. The molecule has 0 fully saturated rings. The van der Waals surface area contributed by atoms with Crippen LogP contribution in [-0.2, 0) is 0 Å². The normalized spacial score (nSPS) is 10.3. The Morgan fingerprint density at radius 1 is 1.67 bits per heavy atom. The van der Waals surface area contributed by atoms with Gasteiger partial charge in [-0.3, -0.25) is 0 Å². The molecule has 0 heterocycles. The SMILES string of the molecule is [CH2]/C=C/CCBr. The van der Waals surface area contributed by atoms with E-state index in [1.165, 1.54) is 0 Å². The van der Waals surface area contributed by atoms with E-state index in [2.05, 4.69) is 22.9 Å². The summed E-state index contributed by atoms with van der Waals surface area (Å²) in [7, 11) is 0. The lowest BCUT2D eigenvalue weighted by atomic mass is 10.4. The fourth-order valence-corrected chi connectivity index (χ4v) is 0.445. The zero-order chi connectivity index (χ0) is 4.83. The highest BCUT2D eigenvalue weighted by Gasteiger charge is 1.66. The zero-order valence-electron chi connectivity index (χ0n) is 3.65. The third-order valence-electron chi connectivity index (χ3n) is 0.442. The summed E-state index contributed by atoms with van der Waals surface area (Å²) in [6.07, 6.45) is 4.92. The van der Waals surface area contributed by atoms with Gasteiger partial charge in [0.25, 0.3) is 0 Å². The Hall–Kier alpha value is 0.220. The van der Waals surface area contributed by atoms with Gasteiger partial charge in [-0.25, -0.2) is 0 Å². The van der Waals surface area contributed by atoms with Crippen LogP contribution in [0.3, 0.4) is 0 Å². The summed E-state index contributed by atoms with van der Waals surface area (Å²) in [5.41, 5.74) is 0. The van der Waals surface area contributed by atoms with Gasteiger partial charge in [-0.15, -0.1) is 0 Å². The third kappa shape index (κ3) is 4.22. The van der Waals surface area contributed by atoms with Gasteiger partial charge in [0.05, 0.1) is 0 Å². The largest absolute Gasteiger partial charge is 0.0925 e. The lowest BCUT2D eigenvalue weighted by Gasteiger charge is -1.74. The Morgan fingerprint density at radius 2 is 2.33 bits per heavy atom. The van der Waals surface area contributed by atoms with Gasteiger partial charge in [0.1, 0.15) is 0 Å². The van der Waals surface area contributed by atoms with Crippen molar-refractivity contribution >= 4 is 15.9 Å². The molecule has 1 heteroatoms. The summed E-state index contributed by atoms with van der Waals surface area (Å²) in [6, 6.07) is 0. The molecule has 0 spiro atoms. The monoisotopic (exact) mass is 147 g/mol. The molecule has 0 aliphatic carbocycles. The van der Waals surface area contributed by atoms with Crippen molar-refractivity contribution in [3.63, 3.8) is 0 Å². The summed E-state index contributed by atoms with van der Waals surface area (Å²) in [5, 5.41) is 1.04. The van der Waals surface area contributed by atoms with Gasteiger partial charge in [-0.2, -0.15) is 0 Å². The maximum Gasteiger partial charge on any atom is 0.00659 e. The van der Waals surface area contributed by atoms with Crippen LogP contribution >= 0.6 is 15.9 Å². The molecule has 0 saturated heterocycles. The van der Waals surface area contributed by atoms with E-state index in [0.717, 1.165) is 11.8 Å². The molecule has 0 aromatic heterocycles. The molecule has 0 amide bonds. The Kier molecular flexibility index (Phi) is 5.41. The van der Waals surface area contributed by atoms with Crippen LogP contribution in [0.25, 0.3) is 0 Å². The van der Waals surface area contributed by atoms with Gasteiger partial charge >= 0.3 is 0 Å². The average Bonchev–Trinajstić information content (AvgIpc) is 1.61. The lowest BCUT2D eigenvalue weighted by molar-refractivity contribution is 1.26. The first-order valence-corrected chi connectivity index (χ1v) is 3.04. The summed E-state index contributed by atoms with van der Waals surface area (Å²) in [6.45, 7) is 3.52. The molecule has 6 heavy (non-hydrogen) atoms. The summed E-state index contributed by atoms with van der Waals surface area (Å²) < 4.78 is 0. The quantitative estimate of drug-likeness (QED) is 0.526. The van der Waals surface area contributed by atoms with Crippen molar-refractivity contribution in [2.45, 2.75) is 6.42 Å². The third-order valence-corrected chi connectivity index (χ3v) is 0.900. The molecule has 0 unspecified atom stereocenters. The molecule has 0 atom stereocenters. The highest BCUT2D eigenvalue weighted by Crippen LogP contribution is 1.86. The van der Waals surface area contributed by atoms with Crippen LogP contribution in [0.15, 0.2) is 12.2 Å². The van der Waals surface area contributed by atoms with Crippen molar-refractivity contribution in [1.82, 2.24) is 0 Å². The van der Waals surface area contributed by atoms with Crippen molar-refractivity contribution in [3.8, 4) is 0 Å². The van der Waals surface area contributed by atoms with E-state index in [1.807, 2.05) is 6.08 Å². The van der Waals surface area contributed by atoms with Crippen LogP contribution in [0.1, 0.15) is 6.42 Å². The Morgan fingerprint density at radius 3 is 2.50 bits per heavy atom. The van der Waals surface area contributed by atoms with Gasteiger partial charge in [0, 0.05) is 5.33 Å². The number of hydrogen-bond acceptors (Lipinski definition) is 0. The van der Waals surface area contributed by atoms with Crippen LogP contribution in [0, 0.1) is 6.92 Å². The van der Waals surface area contributed by atoms with E-state index in [9.17, 15) is 0 Å². The first kappa shape index (κ1) is 6.22. The Bertz CT molecular complexity index is 39.2. The molecule has 0 nitrogen and oxygen atoms in total. The number of alkyl halides is 1. The van der Waals surface area contributed by atoms with Gasteiger partial charge in [-0.05, 0) is 13.3 Å². The second-order valence-corrected chi connectivity index (χ2v) is 1.74. The molecule has 1 radical (unpaired) electrons. The second-order valence-electron chi connectivity index (χ2n) is 0.949. The van der Waals surface area contributed by atoms with E-state index in [1.54, 1.807) is 6.08 Å². The smallest absolute Gasteiger partial charge is 0.00659 e. The molecule has 0 N–H and O–H groups in total. The maximum absolute atomic E-state index is 3.52. The second kappa shape index (κ2) is 5.22. The van der Waals surface area contributed by atoms with Gasteiger partial charge in [-0.1, -0.05) is 28.1 Å². The first-order valence-electron chi connectivity index (χ1n) is 1.92. The van der Waals surface area contributed by atoms with Gasteiger partial charge in [0.15, 0.2) is 0 Å². The van der Waals surface area contributed by atoms with Crippen molar-refractivity contribution in [2.24, 2.45) is 0 Å². The molecule has 0 aromatic rings. The fourth-order valence-electron chi connectivity index (χ4n) is 0.181. The summed E-state index contributed by atoms with van der Waals surface area (Å²) in [5.74, 6) is 0. The minimum atomic E-state index is 1.04. The molecule has 0 rings (SSSR count). The first-order chi connectivity index (χ1) is 2.91. The Labute approximate surface area is 47.4 Å². The number of halogens is 1. The van der Waals surface area contributed by atoms with Crippen LogP contribution in [-0.4, -0.2) is 5.33 Å². The molecule has 0 saturated carbocycles. The van der Waals surface area contributed by atoms with E-state index in [-0.39, 0.29) is 0 Å². The number of allylic oxidation sites excluding steroid dienone is 2. The molecular formula is C5H8Br. The van der Waals surface area contributed by atoms with Crippen molar-refractivity contribution in [2.75, 3.05) is 5.33 Å². The lowest BCUT2D eigenvalue weighted by Crippen LogP contribution is -1.61. The number of rotatable bonds is 2. The highest BCUT2D eigenvalue weighted by molar-refractivity contribution is 9.09. The summed E-state index contributed by atoms with van der Waals surface area (Å²) >= 11 is 3.27. The minimum Gasteiger partial charge on any atom is -0.0925 e. The van der Waals surface area contributed by atoms with E-state index < -0.39 is 0 Å². The van der Waals surface area contributed by atoms with Crippen molar-refractivity contribution in [1.29, 1.82) is 0 Å². The highest BCUT2D eigenvalue weighted by atomic mass is 79.9. The van der Waals surface area contributed by atoms with Crippen LogP contribution < -0.4 is 0 Å². The predicted molar refractivity (Wildman–Crippen MR) is 32.9 cm³/mol. The van der Waals surface area contributed by atoms with Gasteiger partial charge in [0.2, 0.25) is 0 Å². The molecule has 0 aromatic carbocycles. The maximum atomic E-state index is 3.52. The standard InChI is InChI=1S/C5H8Br/c1-2-3-4-5-6/h2-3H,1,4-5H2/b3-2+. The Balaban J connectivity index is 2.66. The van der Waals surface area contributed by atoms with Crippen molar-refractivity contribution < 1.29 is 0 Å². The summed E-state index contributed by atoms with van der Waals surface area (Å²) in [4.78, 5) is 0. The average molecular weight is 148 g/mol. The fraction of sp³-hybridized carbons (Fsp3) is 0.400. The molecular weight excluding hydrogens is 140 g/mol. The molecule has 0 aliphatic rings. The molecule has 0 aliphatic heterocycles. The van der Waals surface area contributed by atoms with Crippen molar-refractivity contribution in [3.05, 3.63) is 19.1 Å². The van der Waals surface area contributed by atoms with E-state index >= 15 is 0 Å². The van der Waals surface area contributed by atoms with E-state index in [4.69, 9.17) is 0 Å². The van der Waals surface area contributed by atoms with Crippen LogP contribution in [0.2, 0.25) is 0 Å². The van der Waals surface area contributed by atoms with Crippen LogP contribution in [0.4, 0.5) is 0 Å². The van der Waals surface area contributed by atoms with Crippen LogP contribution in [0.5, 0.6) is 0 Å². The zero-order valence-corrected chi connectivity index (χ0v) is 5.24.